The van der Waals surface area contributed by atoms with Gasteiger partial charge in [-0.1, -0.05) is 0 Å². The minimum absolute atomic E-state index is 0.0277. The smallest absolute Gasteiger partial charge is 0.315 e. The average Bonchev–Trinajstić information content (AvgIpc) is 3.08. The summed E-state index contributed by atoms with van der Waals surface area (Å²) in [6, 6.07) is 0.151. The predicted molar refractivity (Wildman–Crippen MR) is 75.0 cm³/mol. The number of aryl methyl sites for hydroxylation is 2. The van der Waals surface area contributed by atoms with Gasteiger partial charge in [-0.25, -0.2) is 4.79 Å². The Hall–Kier alpha value is -1.52. The van der Waals surface area contributed by atoms with Gasteiger partial charge in [0.05, 0.1) is 11.7 Å². The molecule has 2 atom stereocenters. The van der Waals surface area contributed by atoms with E-state index in [2.05, 4.69) is 22.7 Å². The summed E-state index contributed by atoms with van der Waals surface area (Å²) in [5, 5.41) is 10.4. The highest BCUT2D eigenvalue weighted by Gasteiger charge is 2.29. The lowest BCUT2D eigenvalue weighted by Gasteiger charge is -2.18. The molecule has 0 saturated heterocycles. The molecule has 5 nitrogen and oxygen atoms in total. The van der Waals surface area contributed by atoms with Crippen molar-refractivity contribution in [2.45, 2.75) is 52.6 Å². The summed E-state index contributed by atoms with van der Waals surface area (Å²) in [6.07, 6.45) is 2.47. The Morgan fingerprint density at radius 2 is 1.95 bits per heavy atom. The molecule has 0 bridgehead atoms. The zero-order chi connectivity index (χ0) is 14.2. The van der Waals surface area contributed by atoms with Crippen molar-refractivity contribution in [2.24, 2.45) is 13.0 Å². The Morgan fingerprint density at radius 3 is 2.42 bits per heavy atom. The first-order valence-electron chi connectivity index (χ1n) is 6.97. The number of nitrogens with one attached hydrogen (secondary N) is 2. The fraction of sp³-hybridized carbons (Fsp3) is 0.714. The normalized spacial score (nSPS) is 17.9. The highest BCUT2D eigenvalue weighted by atomic mass is 16.2. The first-order valence-corrected chi connectivity index (χ1v) is 6.97. The third-order valence-electron chi connectivity index (χ3n) is 4.03. The molecule has 1 aromatic heterocycles. The van der Waals surface area contributed by atoms with E-state index in [1.54, 1.807) is 0 Å². The summed E-state index contributed by atoms with van der Waals surface area (Å²) in [4.78, 5) is 11.9. The number of hydrogen-bond donors (Lipinski definition) is 2. The zero-order valence-electron chi connectivity index (χ0n) is 12.4. The third kappa shape index (κ3) is 3.08. The van der Waals surface area contributed by atoms with Gasteiger partial charge in [-0.05, 0) is 46.5 Å². The molecule has 0 aromatic carbocycles. The van der Waals surface area contributed by atoms with E-state index in [-0.39, 0.29) is 18.1 Å². The first-order chi connectivity index (χ1) is 8.90. The Balaban J connectivity index is 1.96. The molecule has 0 radical (unpaired) electrons. The molecule has 1 aliphatic carbocycles. The van der Waals surface area contributed by atoms with Crippen molar-refractivity contribution >= 4 is 6.03 Å². The monoisotopic (exact) mass is 264 g/mol. The largest absolute Gasteiger partial charge is 0.335 e. The number of hydrogen-bond acceptors (Lipinski definition) is 2. The van der Waals surface area contributed by atoms with Gasteiger partial charge >= 0.3 is 6.03 Å². The molecule has 2 rings (SSSR count). The summed E-state index contributed by atoms with van der Waals surface area (Å²) in [6.45, 7) is 8.07. The Bertz CT molecular complexity index is 476. The number of nitrogens with zero attached hydrogens (tertiary/aromatic N) is 2. The Kier molecular flexibility index (Phi) is 3.83. The topological polar surface area (TPSA) is 59.0 Å². The molecule has 0 spiro atoms. The standard InChI is InChI=1S/C14H24N4O/c1-8(12-6-7-12)15-14(19)16-9(2)13-10(3)17-18(5)11(13)4/h8-9,12H,6-7H2,1-5H3,(H2,15,16,19). The highest BCUT2D eigenvalue weighted by Crippen LogP contribution is 2.32. The summed E-state index contributed by atoms with van der Waals surface area (Å²) in [5.74, 6) is 0.669. The van der Waals surface area contributed by atoms with E-state index in [9.17, 15) is 4.79 Å². The van der Waals surface area contributed by atoms with Crippen molar-refractivity contribution in [3.05, 3.63) is 17.0 Å². The molecule has 1 fully saturated rings. The van der Waals surface area contributed by atoms with Gasteiger partial charge in [-0.2, -0.15) is 5.10 Å². The molecule has 0 aliphatic heterocycles. The van der Waals surface area contributed by atoms with E-state index in [4.69, 9.17) is 0 Å². The maximum Gasteiger partial charge on any atom is 0.315 e. The van der Waals surface area contributed by atoms with Gasteiger partial charge in [0, 0.05) is 24.3 Å². The van der Waals surface area contributed by atoms with E-state index >= 15 is 0 Å². The minimum atomic E-state index is -0.0884. The van der Waals surface area contributed by atoms with Crippen molar-refractivity contribution in [2.75, 3.05) is 0 Å². The average molecular weight is 264 g/mol. The lowest BCUT2D eigenvalue weighted by atomic mass is 10.1. The zero-order valence-corrected chi connectivity index (χ0v) is 12.4. The van der Waals surface area contributed by atoms with Crippen LogP contribution < -0.4 is 10.6 Å². The number of rotatable bonds is 4. The quantitative estimate of drug-likeness (QED) is 0.876. The fourth-order valence-corrected chi connectivity index (χ4v) is 2.65. The summed E-state index contributed by atoms with van der Waals surface area (Å²) in [5.41, 5.74) is 3.18. The van der Waals surface area contributed by atoms with Crippen LogP contribution in [0.4, 0.5) is 4.79 Å². The Labute approximate surface area is 114 Å². The molecule has 2 amide bonds. The minimum Gasteiger partial charge on any atom is -0.335 e. The molecule has 1 aromatic rings. The fourth-order valence-electron chi connectivity index (χ4n) is 2.65. The Morgan fingerprint density at radius 1 is 1.32 bits per heavy atom. The van der Waals surface area contributed by atoms with Gasteiger partial charge in [-0.3, -0.25) is 4.68 Å². The molecule has 106 valence electrons. The van der Waals surface area contributed by atoms with Crippen molar-refractivity contribution < 1.29 is 4.79 Å². The van der Waals surface area contributed by atoms with Crippen molar-refractivity contribution in [1.82, 2.24) is 20.4 Å². The molecule has 19 heavy (non-hydrogen) atoms. The third-order valence-corrected chi connectivity index (χ3v) is 4.03. The van der Waals surface area contributed by atoms with Crippen LogP contribution in [0.2, 0.25) is 0 Å². The van der Waals surface area contributed by atoms with Gasteiger partial charge in [0.1, 0.15) is 0 Å². The van der Waals surface area contributed by atoms with E-state index in [0.717, 1.165) is 17.0 Å². The number of urea groups is 1. The molecule has 1 saturated carbocycles. The van der Waals surface area contributed by atoms with Crippen molar-refractivity contribution in [3.63, 3.8) is 0 Å². The van der Waals surface area contributed by atoms with Gasteiger partial charge in [0.15, 0.2) is 0 Å². The van der Waals surface area contributed by atoms with Crippen LogP contribution in [0.25, 0.3) is 0 Å². The van der Waals surface area contributed by atoms with Crippen LogP contribution in [-0.2, 0) is 7.05 Å². The van der Waals surface area contributed by atoms with E-state index < -0.39 is 0 Å². The van der Waals surface area contributed by atoms with Crippen LogP contribution in [0.5, 0.6) is 0 Å². The molecular weight excluding hydrogens is 240 g/mol. The SMILES string of the molecule is Cc1nn(C)c(C)c1C(C)NC(=O)NC(C)C1CC1. The maximum absolute atomic E-state index is 11.9. The summed E-state index contributed by atoms with van der Waals surface area (Å²) < 4.78 is 1.85. The number of carbonyl (C=O) groups is 1. The van der Waals surface area contributed by atoms with Crippen LogP contribution in [0.3, 0.4) is 0 Å². The summed E-state index contributed by atoms with van der Waals surface area (Å²) >= 11 is 0. The van der Waals surface area contributed by atoms with Crippen LogP contribution in [-0.4, -0.2) is 21.9 Å². The molecule has 1 aliphatic rings. The van der Waals surface area contributed by atoms with Crippen molar-refractivity contribution in [3.8, 4) is 0 Å². The highest BCUT2D eigenvalue weighted by molar-refractivity contribution is 5.74. The van der Waals surface area contributed by atoms with E-state index in [1.807, 2.05) is 32.5 Å². The van der Waals surface area contributed by atoms with Gasteiger partial charge in [0.2, 0.25) is 0 Å². The second kappa shape index (κ2) is 5.23. The summed E-state index contributed by atoms with van der Waals surface area (Å²) in [7, 11) is 1.92. The van der Waals surface area contributed by atoms with Crippen LogP contribution in [0.1, 0.15) is 49.7 Å². The van der Waals surface area contributed by atoms with Gasteiger partial charge in [0.25, 0.3) is 0 Å². The molecule has 1 heterocycles. The first kappa shape index (κ1) is 13.9. The molecular formula is C14H24N4O. The second-order valence-corrected chi connectivity index (χ2v) is 5.67. The van der Waals surface area contributed by atoms with E-state index in [1.165, 1.54) is 12.8 Å². The lowest BCUT2D eigenvalue weighted by molar-refractivity contribution is 0.233. The van der Waals surface area contributed by atoms with Crippen LogP contribution in [0.15, 0.2) is 0 Å². The maximum atomic E-state index is 11.9. The van der Waals surface area contributed by atoms with Crippen LogP contribution in [0, 0.1) is 19.8 Å². The molecule has 5 heteroatoms. The van der Waals surface area contributed by atoms with E-state index in [0.29, 0.717) is 5.92 Å². The van der Waals surface area contributed by atoms with Gasteiger partial charge in [-0.15, -0.1) is 0 Å². The number of carbonyl (C=O) groups excluding carboxylic acids is 1. The van der Waals surface area contributed by atoms with Crippen LogP contribution >= 0.6 is 0 Å². The predicted octanol–water partition coefficient (Wildman–Crippen LogP) is 2.20. The second-order valence-electron chi connectivity index (χ2n) is 5.67. The van der Waals surface area contributed by atoms with Gasteiger partial charge < -0.3 is 10.6 Å². The number of amides is 2. The number of aromatic nitrogens is 2. The lowest BCUT2D eigenvalue weighted by Crippen LogP contribution is -2.42. The van der Waals surface area contributed by atoms with Crippen molar-refractivity contribution in [1.29, 1.82) is 0 Å². The molecule has 2 unspecified atom stereocenters. The molecule has 2 N–H and O–H groups in total.